The molecule has 180 valence electrons. The Morgan fingerprint density at radius 3 is 2.19 bits per heavy atom. The number of aliphatic hydroxyl groups is 1. The fourth-order valence-electron chi connectivity index (χ4n) is 8.38. The van der Waals surface area contributed by atoms with Gasteiger partial charge in [0.15, 0.2) is 0 Å². The molecule has 0 saturated heterocycles. The van der Waals surface area contributed by atoms with Crippen molar-refractivity contribution in [2.45, 2.75) is 96.9 Å². The fourth-order valence-corrected chi connectivity index (χ4v) is 8.38. The molecule has 9 atom stereocenters. The number of rotatable bonds is 3. The van der Waals surface area contributed by atoms with E-state index in [4.69, 9.17) is 14.2 Å². The second-order valence-corrected chi connectivity index (χ2v) is 11.2. The van der Waals surface area contributed by atoms with Gasteiger partial charge in [0.2, 0.25) is 0 Å². The molecule has 4 aliphatic rings. The summed E-state index contributed by atoms with van der Waals surface area (Å²) >= 11 is 0. The fraction of sp³-hybridized carbons (Fsp3) is 0.880. The van der Waals surface area contributed by atoms with Crippen LogP contribution in [0.1, 0.15) is 79.1 Å². The highest BCUT2D eigenvalue weighted by atomic mass is 16.6. The molecule has 4 saturated carbocycles. The first-order valence-electron chi connectivity index (χ1n) is 12.1. The van der Waals surface area contributed by atoms with Crippen molar-refractivity contribution in [2.75, 3.05) is 7.11 Å². The van der Waals surface area contributed by atoms with Gasteiger partial charge < -0.3 is 19.3 Å². The molecule has 0 amide bonds. The third-order valence-electron chi connectivity index (χ3n) is 9.99. The molecule has 4 fully saturated rings. The molecule has 0 heterocycles. The smallest absolute Gasteiger partial charge is 0.309 e. The van der Waals surface area contributed by atoms with E-state index in [1.54, 1.807) is 0 Å². The summed E-state index contributed by atoms with van der Waals surface area (Å²) < 4.78 is 16.5. The van der Waals surface area contributed by atoms with Crippen LogP contribution in [0.4, 0.5) is 0 Å². The standard InChI is InChI=1S/C25H38O7/c1-14(26)31-17-8-10-23(3)16(12-17)6-7-18-20(23)13-21(32-15(2)27)24(4)19(22(28)30-5)9-11-25(18,24)29/h16-21,29H,6-13H2,1-5H3/t16-,17+,18-,19-,20+,21+,23+,24+,25-/m1/s1. The van der Waals surface area contributed by atoms with Crippen LogP contribution >= 0.6 is 0 Å². The second-order valence-electron chi connectivity index (χ2n) is 11.2. The minimum Gasteiger partial charge on any atom is -0.469 e. The summed E-state index contributed by atoms with van der Waals surface area (Å²) in [5.74, 6) is -0.827. The molecule has 0 spiro atoms. The number of carbonyl (C=O) groups excluding carboxylic acids is 3. The summed E-state index contributed by atoms with van der Waals surface area (Å²) in [6, 6.07) is 0. The van der Waals surface area contributed by atoms with Gasteiger partial charge in [0.1, 0.15) is 12.2 Å². The van der Waals surface area contributed by atoms with Crippen LogP contribution in [-0.4, -0.2) is 47.9 Å². The number of esters is 3. The van der Waals surface area contributed by atoms with Crippen molar-refractivity contribution in [1.82, 2.24) is 0 Å². The van der Waals surface area contributed by atoms with Gasteiger partial charge in [0.05, 0.1) is 18.6 Å². The molecule has 0 unspecified atom stereocenters. The quantitative estimate of drug-likeness (QED) is 0.520. The zero-order valence-electron chi connectivity index (χ0n) is 20.0. The Morgan fingerprint density at radius 2 is 1.56 bits per heavy atom. The van der Waals surface area contributed by atoms with Gasteiger partial charge in [-0.05, 0) is 74.5 Å². The maximum Gasteiger partial charge on any atom is 0.309 e. The van der Waals surface area contributed by atoms with Gasteiger partial charge in [-0.25, -0.2) is 0 Å². The van der Waals surface area contributed by atoms with Gasteiger partial charge in [-0.2, -0.15) is 0 Å². The Labute approximate surface area is 190 Å². The third-order valence-corrected chi connectivity index (χ3v) is 9.99. The number of hydrogen-bond donors (Lipinski definition) is 1. The molecular weight excluding hydrogens is 412 g/mol. The molecule has 0 aromatic carbocycles. The van der Waals surface area contributed by atoms with Gasteiger partial charge in [0.25, 0.3) is 0 Å². The lowest BCUT2D eigenvalue weighted by molar-refractivity contribution is -0.254. The van der Waals surface area contributed by atoms with Crippen LogP contribution in [0.25, 0.3) is 0 Å². The molecule has 7 nitrogen and oxygen atoms in total. The van der Waals surface area contributed by atoms with Crippen LogP contribution in [0.5, 0.6) is 0 Å². The van der Waals surface area contributed by atoms with Crippen molar-refractivity contribution in [1.29, 1.82) is 0 Å². The first kappa shape index (κ1) is 23.5. The zero-order valence-corrected chi connectivity index (χ0v) is 20.0. The van der Waals surface area contributed by atoms with Crippen LogP contribution in [-0.2, 0) is 28.6 Å². The Hall–Kier alpha value is -1.63. The molecule has 0 aromatic heterocycles. The summed E-state index contributed by atoms with van der Waals surface area (Å²) in [6.07, 6.45) is 5.51. The predicted octanol–water partition coefficient (Wildman–Crippen LogP) is 3.41. The molecular formula is C25H38O7. The lowest BCUT2D eigenvalue weighted by atomic mass is 9.42. The highest BCUT2D eigenvalue weighted by molar-refractivity contribution is 5.75. The van der Waals surface area contributed by atoms with E-state index in [2.05, 4.69) is 6.92 Å². The number of ether oxygens (including phenoxy) is 3. The summed E-state index contributed by atoms with van der Waals surface area (Å²) in [6.45, 7) is 7.09. The second kappa shape index (κ2) is 8.00. The van der Waals surface area contributed by atoms with Crippen LogP contribution in [0.15, 0.2) is 0 Å². The van der Waals surface area contributed by atoms with E-state index in [9.17, 15) is 19.5 Å². The average Bonchev–Trinajstić information content (AvgIpc) is 3.00. The monoisotopic (exact) mass is 450 g/mol. The number of fused-ring (bicyclic) bond motifs is 5. The van der Waals surface area contributed by atoms with E-state index in [1.165, 1.54) is 21.0 Å². The zero-order chi connectivity index (χ0) is 23.5. The van der Waals surface area contributed by atoms with Crippen LogP contribution < -0.4 is 0 Å². The summed E-state index contributed by atoms with van der Waals surface area (Å²) in [4.78, 5) is 36.3. The molecule has 7 heteroatoms. The first-order valence-corrected chi connectivity index (χ1v) is 12.1. The largest absolute Gasteiger partial charge is 0.469 e. The normalized spacial score (nSPS) is 47.4. The molecule has 0 aliphatic heterocycles. The SMILES string of the molecule is COC(=O)[C@H]1CC[C@@]2(O)[C@@H]3CC[C@@H]4C[C@@H](OC(C)=O)CC[C@]4(C)[C@H]3C[C@H](OC(C)=O)[C@]12C. The van der Waals surface area contributed by atoms with E-state index in [1.807, 2.05) is 6.92 Å². The van der Waals surface area contributed by atoms with E-state index >= 15 is 0 Å². The average molecular weight is 451 g/mol. The highest BCUT2D eigenvalue weighted by Gasteiger charge is 2.72. The Balaban J connectivity index is 1.69. The molecule has 0 bridgehead atoms. The maximum atomic E-state index is 12.7. The molecule has 0 radical (unpaired) electrons. The van der Waals surface area contributed by atoms with Crippen molar-refractivity contribution in [3.05, 3.63) is 0 Å². The van der Waals surface area contributed by atoms with Crippen molar-refractivity contribution in [3.63, 3.8) is 0 Å². The first-order chi connectivity index (χ1) is 15.0. The Morgan fingerprint density at radius 1 is 0.875 bits per heavy atom. The van der Waals surface area contributed by atoms with Crippen molar-refractivity contribution in [2.24, 2.45) is 34.5 Å². The number of methoxy groups -OCH3 is 1. The van der Waals surface area contributed by atoms with E-state index < -0.39 is 23.0 Å². The van der Waals surface area contributed by atoms with Gasteiger partial charge in [-0.1, -0.05) is 13.8 Å². The van der Waals surface area contributed by atoms with E-state index in [0.29, 0.717) is 25.2 Å². The van der Waals surface area contributed by atoms with Crippen molar-refractivity contribution >= 4 is 17.9 Å². The van der Waals surface area contributed by atoms with Crippen molar-refractivity contribution in [3.8, 4) is 0 Å². The number of hydrogen-bond acceptors (Lipinski definition) is 7. The van der Waals surface area contributed by atoms with Gasteiger partial charge in [-0.3, -0.25) is 14.4 Å². The van der Waals surface area contributed by atoms with Gasteiger partial charge in [-0.15, -0.1) is 0 Å². The van der Waals surface area contributed by atoms with Crippen LogP contribution in [0, 0.1) is 34.5 Å². The van der Waals surface area contributed by atoms with Gasteiger partial charge >= 0.3 is 17.9 Å². The summed E-state index contributed by atoms with van der Waals surface area (Å²) in [5, 5.41) is 12.3. The third kappa shape index (κ3) is 3.29. The predicted molar refractivity (Wildman–Crippen MR) is 115 cm³/mol. The molecule has 1 N–H and O–H groups in total. The van der Waals surface area contributed by atoms with Crippen LogP contribution in [0.2, 0.25) is 0 Å². The van der Waals surface area contributed by atoms with E-state index in [0.717, 1.165) is 32.1 Å². The highest BCUT2D eigenvalue weighted by Crippen LogP contribution is 2.69. The van der Waals surface area contributed by atoms with Crippen LogP contribution in [0.3, 0.4) is 0 Å². The Kier molecular flexibility index (Phi) is 5.88. The lowest BCUT2D eigenvalue weighted by Crippen LogP contribution is -2.68. The Bertz CT molecular complexity index is 795. The number of carbonyl (C=O) groups is 3. The van der Waals surface area contributed by atoms with E-state index in [-0.39, 0.29) is 41.3 Å². The molecule has 4 aliphatic carbocycles. The van der Waals surface area contributed by atoms with Crippen molar-refractivity contribution < 1.29 is 33.7 Å². The maximum absolute atomic E-state index is 12.7. The summed E-state index contributed by atoms with van der Waals surface area (Å²) in [7, 11) is 1.38. The minimum atomic E-state index is -1.09. The topological polar surface area (TPSA) is 99.1 Å². The molecule has 4 rings (SSSR count). The molecule has 32 heavy (non-hydrogen) atoms. The summed E-state index contributed by atoms with van der Waals surface area (Å²) in [5.41, 5.74) is -1.99. The van der Waals surface area contributed by atoms with Gasteiger partial charge in [0, 0.05) is 19.3 Å². The lowest BCUT2D eigenvalue weighted by Gasteiger charge is -2.64. The minimum absolute atomic E-state index is 0.0294. The molecule has 0 aromatic rings.